The van der Waals surface area contributed by atoms with Gasteiger partial charge in [-0.05, 0) is 19.1 Å². The van der Waals surface area contributed by atoms with Gasteiger partial charge in [0, 0.05) is 23.8 Å². The normalized spacial score (nSPS) is 11.1. The molecule has 144 valence electrons. The van der Waals surface area contributed by atoms with Crippen LogP contribution in [0.5, 0.6) is 17.2 Å². The van der Waals surface area contributed by atoms with Gasteiger partial charge in [0.25, 0.3) is 11.2 Å². The fraction of sp³-hybridized carbons (Fsp3) is 0.167. The lowest BCUT2D eigenvalue weighted by Crippen LogP contribution is -2.20. The van der Waals surface area contributed by atoms with Crippen LogP contribution in [0.25, 0.3) is 10.9 Å². The van der Waals surface area contributed by atoms with Gasteiger partial charge in [-0.25, -0.2) is 4.98 Å². The molecule has 0 radical (unpaired) electrons. The molecule has 1 heterocycles. The van der Waals surface area contributed by atoms with E-state index in [9.17, 15) is 20.0 Å². The lowest BCUT2D eigenvalue weighted by molar-refractivity contribution is -0.384. The van der Waals surface area contributed by atoms with Crippen LogP contribution >= 0.6 is 0 Å². The minimum absolute atomic E-state index is 0.0907. The Balaban J connectivity index is 2.14. The van der Waals surface area contributed by atoms with E-state index in [1.54, 1.807) is 13.0 Å². The number of phenols is 1. The monoisotopic (exact) mass is 384 g/mol. The quantitative estimate of drug-likeness (QED) is 0.405. The molecule has 10 nitrogen and oxygen atoms in total. The van der Waals surface area contributed by atoms with Gasteiger partial charge in [-0.1, -0.05) is 0 Å². The highest BCUT2D eigenvalue weighted by molar-refractivity contribution is 5.85. The summed E-state index contributed by atoms with van der Waals surface area (Å²) < 4.78 is 11.5. The number of ether oxygens (including phenoxy) is 2. The van der Waals surface area contributed by atoms with Crippen LogP contribution in [-0.2, 0) is 0 Å². The Morgan fingerprint density at radius 3 is 2.54 bits per heavy atom. The summed E-state index contributed by atoms with van der Waals surface area (Å²) in [5.74, 6) is 0.875. The number of non-ortho nitro benzene ring substituents is 1. The molecule has 0 aliphatic rings. The zero-order valence-corrected chi connectivity index (χ0v) is 15.2. The van der Waals surface area contributed by atoms with Gasteiger partial charge in [0.15, 0.2) is 11.5 Å². The molecule has 3 aromatic rings. The van der Waals surface area contributed by atoms with E-state index >= 15 is 0 Å². The summed E-state index contributed by atoms with van der Waals surface area (Å²) in [6.07, 6.45) is 1.16. The van der Waals surface area contributed by atoms with E-state index in [2.05, 4.69) is 10.1 Å². The minimum Gasteiger partial charge on any atom is -0.507 e. The number of methoxy groups -OCH3 is 2. The molecule has 0 saturated carbocycles. The summed E-state index contributed by atoms with van der Waals surface area (Å²) in [7, 11) is 2.93. The highest BCUT2D eigenvalue weighted by Gasteiger charge is 2.14. The zero-order valence-electron chi connectivity index (χ0n) is 15.2. The number of benzene rings is 2. The van der Waals surface area contributed by atoms with Gasteiger partial charge in [-0.2, -0.15) is 9.78 Å². The second-order valence-electron chi connectivity index (χ2n) is 5.75. The number of hydrogen-bond donors (Lipinski definition) is 1. The molecule has 0 aliphatic carbocycles. The van der Waals surface area contributed by atoms with Crippen LogP contribution in [0.2, 0.25) is 0 Å². The third kappa shape index (κ3) is 3.34. The number of aryl methyl sites for hydroxylation is 1. The molecule has 0 aliphatic heterocycles. The first kappa shape index (κ1) is 18.8. The van der Waals surface area contributed by atoms with E-state index < -0.39 is 10.5 Å². The predicted octanol–water partition coefficient (Wildman–Crippen LogP) is 2.22. The number of aromatic nitrogens is 2. The highest BCUT2D eigenvalue weighted by Crippen LogP contribution is 2.30. The van der Waals surface area contributed by atoms with Gasteiger partial charge < -0.3 is 14.6 Å². The standard InChI is InChI=1S/C18H16N4O6/c1-10-20-14-8-17(28-3)16(27-2)7-13(14)18(24)21(10)19-9-11-6-12(22(25)26)4-5-15(11)23/h4-9,23H,1-3H3/b19-9+. The predicted molar refractivity (Wildman–Crippen MR) is 102 cm³/mol. The van der Waals surface area contributed by atoms with Crippen molar-refractivity contribution in [3.8, 4) is 17.2 Å². The van der Waals surface area contributed by atoms with Crippen molar-refractivity contribution < 1.29 is 19.5 Å². The fourth-order valence-electron chi connectivity index (χ4n) is 2.63. The summed E-state index contributed by atoms with van der Waals surface area (Å²) in [5.41, 5.74) is -0.181. The van der Waals surface area contributed by atoms with Crippen LogP contribution in [0, 0.1) is 17.0 Å². The summed E-state index contributed by atoms with van der Waals surface area (Å²) in [4.78, 5) is 27.5. The molecule has 28 heavy (non-hydrogen) atoms. The van der Waals surface area contributed by atoms with Crippen LogP contribution < -0.4 is 15.0 Å². The Kier molecular flexibility index (Phi) is 4.94. The molecule has 0 atom stereocenters. The Bertz CT molecular complexity index is 1170. The first-order valence-electron chi connectivity index (χ1n) is 8.03. The number of aromatic hydroxyl groups is 1. The number of nitrogens with zero attached hydrogens (tertiary/aromatic N) is 4. The first-order valence-corrected chi connectivity index (χ1v) is 8.03. The van der Waals surface area contributed by atoms with Gasteiger partial charge in [-0.3, -0.25) is 14.9 Å². The van der Waals surface area contributed by atoms with Crippen molar-refractivity contribution in [2.24, 2.45) is 5.10 Å². The Hall–Kier alpha value is -3.95. The molecule has 10 heteroatoms. The smallest absolute Gasteiger partial charge is 0.282 e. The molecule has 0 amide bonds. The number of nitro groups is 1. The third-order valence-corrected chi connectivity index (χ3v) is 4.05. The lowest BCUT2D eigenvalue weighted by Gasteiger charge is -2.10. The second kappa shape index (κ2) is 7.35. The van der Waals surface area contributed by atoms with Crippen LogP contribution in [-0.4, -0.2) is 40.1 Å². The Morgan fingerprint density at radius 1 is 1.21 bits per heavy atom. The maximum absolute atomic E-state index is 12.8. The molecule has 0 bridgehead atoms. The summed E-state index contributed by atoms with van der Waals surface area (Å²) in [6, 6.07) is 6.59. The van der Waals surface area contributed by atoms with Crippen molar-refractivity contribution >= 4 is 22.8 Å². The third-order valence-electron chi connectivity index (χ3n) is 4.05. The summed E-state index contributed by atoms with van der Waals surface area (Å²) in [6.45, 7) is 1.59. The minimum atomic E-state index is -0.592. The molecular formula is C18H16N4O6. The lowest BCUT2D eigenvalue weighted by atomic mass is 10.2. The topological polar surface area (TPSA) is 129 Å². The van der Waals surface area contributed by atoms with Crippen molar-refractivity contribution in [3.63, 3.8) is 0 Å². The molecule has 2 aromatic carbocycles. The van der Waals surface area contributed by atoms with Gasteiger partial charge in [-0.15, -0.1) is 0 Å². The molecule has 0 saturated heterocycles. The van der Waals surface area contributed by atoms with Crippen LogP contribution in [0.15, 0.2) is 40.2 Å². The SMILES string of the molecule is COc1cc2nc(C)n(/N=C/c3cc([N+](=O)[O-])ccc3O)c(=O)c2cc1OC. The number of hydrogen-bond acceptors (Lipinski definition) is 8. The van der Waals surface area contributed by atoms with Crippen LogP contribution in [0.1, 0.15) is 11.4 Å². The second-order valence-corrected chi connectivity index (χ2v) is 5.75. The van der Waals surface area contributed by atoms with Gasteiger partial charge in [0.05, 0.1) is 36.3 Å². The van der Waals surface area contributed by atoms with Crippen molar-refractivity contribution in [1.29, 1.82) is 0 Å². The maximum atomic E-state index is 12.8. The van der Waals surface area contributed by atoms with E-state index in [4.69, 9.17) is 9.47 Å². The van der Waals surface area contributed by atoms with Crippen molar-refractivity contribution in [3.05, 3.63) is 62.2 Å². The number of phenolic OH excluding ortho intramolecular Hbond substituents is 1. The summed E-state index contributed by atoms with van der Waals surface area (Å²) in [5, 5.41) is 25.1. The number of nitro benzene ring substituents is 1. The van der Waals surface area contributed by atoms with E-state index in [1.165, 1.54) is 32.4 Å². The molecule has 3 rings (SSSR count). The average molecular weight is 384 g/mol. The fourth-order valence-corrected chi connectivity index (χ4v) is 2.63. The maximum Gasteiger partial charge on any atom is 0.282 e. The molecule has 1 aromatic heterocycles. The highest BCUT2D eigenvalue weighted by atomic mass is 16.6. The van der Waals surface area contributed by atoms with Crippen molar-refractivity contribution in [2.75, 3.05) is 14.2 Å². The summed E-state index contributed by atoms with van der Waals surface area (Å²) >= 11 is 0. The van der Waals surface area contributed by atoms with Crippen LogP contribution in [0.3, 0.4) is 0 Å². The van der Waals surface area contributed by atoms with E-state index in [0.29, 0.717) is 17.0 Å². The van der Waals surface area contributed by atoms with E-state index in [0.717, 1.165) is 17.0 Å². The molecule has 1 N–H and O–H groups in total. The largest absolute Gasteiger partial charge is 0.507 e. The van der Waals surface area contributed by atoms with Gasteiger partial charge >= 0.3 is 0 Å². The van der Waals surface area contributed by atoms with E-state index in [1.807, 2.05) is 0 Å². The van der Waals surface area contributed by atoms with Gasteiger partial charge in [0.1, 0.15) is 11.6 Å². The first-order chi connectivity index (χ1) is 13.3. The van der Waals surface area contributed by atoms with E-state index in [-0.39, 0.29) is 28.2 Å². The number of rotatable bonds is 5. The van der Waals surface area contributed by atoms with Crippen LogP contribution in [0.4, 0.5) is 5.69 Å². The zero-order chi connectivity index (χ0) is 20.4. The molecule has 0 fully saturated rings. The van der Waals surface area contributed by atoms with Gasteiger partial charge in [0.2, 0.25) is 0 Å². The Morgan fingerprint density at radius 2 is 1.89 bits per heavy atom. The molecular weight excluding hydrogens is 368 g/mol. The average Bonchev–Trinajstić information content (AvgIpc) is 2.67. The number of fused-ring (bicyclic) bond motifs is 1. The molecule has 0 unspecified atom stereocenters. The van der Waals surface area contributed by atoms with Crippen molar-refractivity contribution in [1.82, 2.24) is 9.66 Å². The van der Waals surface area contributed by atoms with Crippen molar-refractivity contribution in [2.45, 2.75) is 6.92 Å². The molecule has 0 spiro atoms. The Labute approximate surface area is 158 Å².